The third-order valence-corrected chi connectivity index (χ3v) is 2.26. The van der Waals surface area contributed by atoms with Crippen LogP contribution in [0, 0.1) is 0 Å². The largest absolute Gasteiger partial charge is 0.496 e. The summed E-state index contributed by atoms with van der Waals surface area (Å²) in [4.78, 5) is 0. The Hall–Kier alpha value is -1.26. The Bertz CT molecular complexity index is 326. The van der Waals surface area contributed by atoms with Crippen molar-refractivity contribution in [2.45, 2.75) is 19.4 Å². The molecule has 0 heterocycles. The summed E-state index contributed by atoms with van der Waals surface area (Å²) in [6.07, 6.45) is 0.607. The van der Waals surface area contributed by atoms with Gasteiger partial charge in [-0.3, -0.25) is 0 Å². The first-order chi connectivity index (χ1) is 7.70. The van der Waals surface area contributed by atoms with Gasteiger partial charge in [0.25, 0.3) is 0 Å². The van der Waals surface area contributed by atoms with E-state index in [9.17, 15) is 0 Å². The van der Waals surface area contributed by atoms with Crippen LogP contribution in [0.15, 0.2) is 18.2 Å². The van der Waals surface area contributed by atoms with Gasteiger partial charge in [-0.2, -0.15) is 0 Å². The highest BCUT2D eigenvalue weighted by Gasteiger charge is 2.13. The molecular formula is C12H19NO3. The van der Waals surface area contributed by atoms with Crippen LogP contribution in [0.5, 0.6) is 11.5 Å². The number of methoxy groups -OCH3 is 1. The number of aliphatic hydroxyl groups is 1. The number of rotatable bonds is 6. The lowest BCUT2D eigenvalue weighted by Crippen LogP contribution is -2.10. The first-order valence-corrected chi connectivity index (χ1v) is 5.36. The van der Waals surface area contributed by atoms with Gasteiger partial charge in [0.2, 0.25) is 0 Å². The number of ether oxygens (including phenoxy) is 2. The van der Waals surface area contributed by atoms with Gasteiger partial charge in [-0.15, -0.1) is 0 Å². The molecule has 4 nitrogen and oxygen atoms in total. The van der Waals surface area contributed by atoms with E-state index in [4.69, 9.17) is 20.3 Å². The van der Waals surface area contributed by atoms with Crippen LogP contribution in [0.4, 0.5) is 0 Å². The second-order valence-corrected chi connectivity index (χ2v) is 3.59. The van der Waals surface area contributed by atoms with Crippen LogP contribution >= 0.6 is 0 Å². The van der Waals surface area contributed by atoms with E-state index in [1.807, 2.05) is 25.1 Å². The minimum atomic E-state index is -0.153. The lowest BCUT2D eigenvalue weighted by Gasteiger charge is -2.17. The minimum Gasteiger partial charge on any atom is -0.496 e. The van der Waals surface area contributed by atoms with Crippen molar-refractivity contribution in [3.05, 3.63) is 23.8 Å². The lowest BCUT2D eigenvalue weighted by molar-refractivity contribution is 0.231. The Labute approximate surface area is 96.0 Å². The number of benzene rings is 1. The molecule has 1 rings (SSSR count). The van der Waals surface area contributed by atoms with Crippen molar-refractivity contribution in [2.75, 3.05) is 20.3 Å². The van der Waals surface area contributed by atoms with Crippen LogP contribution in [-0.4, -0.2) is 25.4 Å². The van der Waals surface area contributed by atoms with Crippen LogP contribution in [0.3, 0.4) is 0 Å². The lowest BCUT2D eigenvalue weighted by atomic mass is 10.1. The van der Waals surface area contributed by atoms with E-state index in [0.717, 1.165) is 17.1 Å². The van der Waals surface area contributed by atoms with Gasteiger partial charge in [-0.1, -0.05) is 6.07 Å². The Morgan fingerprint density at radius 1 is 1.38 bits per heavy atom. The molecule has 0 spiro atoms. The van der Waals surface area contributed by atoms with Gasteiger partial charge in [-0.05, 0) is 19.1 Å². The van der Waals surface area contributed by atoms with Gasteiger partial charge in [0.1, 0.15) is 11.5 Å². The second kappa shape index (κ2) is 6.35. The molecule has 1 atom stereocenters. The number of aliphatic hydroxyl groups excluding tert-OH is 1. The smallest absolute Gasteiger partial charge is 0.127 e. The number of nitrogens with two attached hydrogens (primary N) is 1. The van der Waals surface area contributed by atoms with Gasteiger partial charge >= 0.3 is 0 Å². The molecule has 0 amide bonds. The fraction of sp³-hybridized carbons (Fsp3) is 0.500. The fourth-order valence-electron chi connectivity index (χ4n) is 1.52. The Kier molecular flexibility index (Phi) is 5.08. The predicted octanol–water partition coefficient (Wildman–Crippen LogP) is 1.48. The molecule has 0 aliphatic heterocycles. The molecule has 0 aliphatic carbocycles. The van der Waals surface area contributed by atoms with E-state index < -0.39 is 0 Å². The van der Waals surface area contributed by atoms with E-state index >= 15 is 0 Å². The number of hydrogen-bond donors (Lipinski definition) is 2. The molecule has 4 heteroatoms. The third kappa shape index (κ3) is 3.12. The summed E-state index contributed by atoms with van der Waals surface area (Å²) in [5, 5.41) is 8.69. The van der Waals surface area contributed by atoms with Crippen LogP contribution in [0.2, 0.25) is 0 Å². The van der Waals surface area contributed by atoms with Crippen molar-refractivity contribution in [3.8, 4) is 11.5 Å². The molecule has 0 saturated heterocycles. The molecule has 90 valence electrons. The van der Waals surface area contributed by atoms with Gasteiger partial charge in [0.05, 0.1) is 19.3 Å². The summed E-state index contributed by atoms with van der Waals surface area (Å²) in [6.45, 7) is 2.48. The molecular weight excluding hydrogens is 206 g/mol. The van der Waals surface area contributed by atoms with Crippen molar-refractivity contribution in [1.82, 2.24) is 0 Å². The highest BCUT2D eigenvalue weighted by molar-refractivity contribution is 5.46. The predicted molar refractivity (Wildman–Crippen MR) is 62.8 cm³/mol. The topological polar surface area (TPSA) is 64.7 Å². The first-order valence-electron chi connectivity index (χ1n) is 5.36. The highest BCUT2D eigenvalue weighted by atomic mass is 16.5. The minimum absolute atomic E-state index is 0.123. The molecule has 0 fully saturated rings. The van der Waals surface area contributed by atoms with Crippen molar-refractivity contribution in [1.29, 1.82) is 0 Å². The summed E-state index contributed by atoms with van der Waals surface area (Å²) < 4.78 is 10.8. The standard InChI is InChI=1S/C12H19NO3/c1-9(13)12-10(15-2)5-3-6-11(12)16-8-4-7-14/h3,5-6,9,14H,4,7-8,13H2,1-2H3. The Balaban J connectivity index is 2.89. The zero-order valence-corrected chi connectivity index (χ0v) is 9.77. The molecule has 16 heavy (non-hydrogen) atoms. The van der Waals surface area contributed by atoms with Gasteiger partial charge < -0.3 is 20.3 Å². The van der Waals surface area contributed by atoms with E-state index in [2.05, 4.69) is 0 Å². The van der Waals surface area contributed by atoms with Crippen molar-refractivity contribution in [3.63, 3.8) is 0 Å². The summed E-state index contributed by atoms with van der Waals surface area (Å²) in [6, 6.07) is 5.43. The Morgan fingerprint density at radius 2 is 2.06 bits per heavy atom. The quantitative estimate of drug-likeness (QED) is 0.720. The highest BCUT2D eigenvalue weighted by Crippen LogP contribution is 2.32. The van der Waals surface area contributed by atoms with E-state index in [1.165, 1.54) is 0 Å². The van der Waals surface area contributed by atoms with Gasteiger partial charge in [-0.25, -0.2) is 0 Å². The summed E-state index contributed by atoms with van der Waals surface area (Å²) in [5.41, 5.74) is 6.75. The average Bonchev–Trinajstić information content (AvgIpc) is 2.28. The first kappa shape index (κ1) is 12.8. The maximum absolute atomic E-state index is 8.69. The van der Waals surface area contributed by atoms with E-state index in [-0.39, 0.29) is 12.6 Å². The monoisotopic (exact) mass is 225 g/mol. The second-order valence-electron chi connectivity index (χ2n) is 3.59. The SMILES string of the molecule is COc1cccc(OCCCO)c1C(C)N. The fourth-order valence-corrected chi connectivity index (χ4v) is 1.52. The molecule has 0 aliphatic rings. The van der Waals surface area contributed by atoms with Gasteiger partial charge in [0, 0.05) is 19.1 Å². The van der Waals surface area contributed by atoms with Crippen molar-refractivity contribution < 1.29 is 14.6 Å². The summed E-state index contributed by atoms with van der Waals surface area (Å²) in [5.74, 6) is 1.46. The summed E-state index contributed by atoms with van der Waals surface area (Å²) in [7, 11) is 1.61. The molecule has 3 N–H and O–H groups in total. The van der Waals surface area contributed by atoms with Crippen molar-refractivity contribution >= 4 is 0 Å². The molecule has 1 unspecified atom stereocenters. The van der Waals surface area contributed by atoms with E-state index in [1.54, 1.807) is 7.11 Å². The maximum Gasteiger partial charge on any atom is 0.127 e. The normalized spacial score (nSPS) is 12.2. The van der Waals surface area contributed by atoms with Crippen LogP contribution in [-0.2, 0) is 0 Å². The molecule has 0 radical (unpaired) electrons. The molecule has 1 aromatic carbocycles. The maximum atomic E-state index is 8.69. The molecule has 0 bridgehead atoms. The van der Waals surface area contributed by atoms with Gasteiger partial charge in [0.15, 0.2) is 0 Å². The summed E-state index contributed by atoms with van der Waals surface area (Å²) >= 11 is 0. The zero-order chi connectivity index (χ0) is 12.0. The number of hydrogen-bond acceptors (Lipinski definition) is 4. The van der Waals surface area contributed by atoms with E-state index in [0.29, 0.717) is 13.0 Å². The van der Waals surface area contributed by atoms with Crippen molar-refractivity contribution in [2.24, 2.45) is 5.73 Å². The Morgan fingerprint density at radius 3 is 2.62 bits per heavy atom. The van der Waals surface area contributed by atoms with Crippen LogP contribution in [0.25, 0.3) is 0 Å². The average molecular weight is 225 g/mol. The molecule has 1 aromatic rings. The molecule has 0 aromatic heterocycles. The van der Waals surface area contributed by atoms with Crippen LogP contribution in [0.1, 0.15) is 24.9 Å². The third-order valence-electron chi connectivity index (χ3n) is 2.26. The molecule has 0 saturated carbocycles. The zero-order valence-electron chi connectivity index (χ0n) is 9.77. The van der Waals surface area contributed by atoms with Crippen LogP contribution < -0.4 is 15.2 Å².